The van der Waals surface area contributed by atoms with E-state index >= 15 is 0 Å². The van der Waals surface area contributed by atoms with E-state index in [0.29, 0.717) is 5.69 Å². The predicted molar refractivity (Wildman–Crippen MR) is 63.1 cm³/mol. The van der Waals surface area contributed by atoms with Gasteiger partial charge in [-0.05, 0) is 12.1 Å². The summed E-state index contributed by atoms with van der Waals surface area (Å²) < 4.78 is 22.4. The number of rotatable bonds is 3. The molecule has 90 valence electrons. The highest BCUT2D eigenvalue weighted by Crippen LogP contribution is 2.15. The highest BCUT2D eigenvalue weighted by atomic mass is 32.2. The van der Waals surface area contributed by atoms with E-state index in [2.05, 4.69) is 10.3 Å². The van der Waals surface area contributed by atoms with Crippen LogP contribution < -0.4 is 11.1 Å². The third-order valence-corrected chi connectivity index (χ3v) is 3.69. The van der Waals surface area contributed by atoms with Gasteiger partial charge in [-0.1, -0.05) is 6.08 Å². The van der Waals surface area contributed by atoms with Crippen LogP contribution in [-0.2, 0) is 9.84 Å². The first kappa shape index (κ1) is 11.6. The fourth-order valence-corrected chi connectivity index (χ4v) is 2.77. The molecule has 1 aromatic heterocycles. The number of carbonyl (C=O) groups is 1. The number of primary amides is 1. The third kappa shape index (κ3) is 2.82. The van der Waals surface area contributed by atoms with Gasteiger partial charge in [0.05, 0.1) is 11.8 Å². The van der Waals surface area contributed by atoms with Crippen LogP contribution in [0.15, 0.2) is 29.8 Å². The average Bonchev–Trinajstić information content (AvgIpc) is 2.58. The van der Waals surface area contributed by atoms with Gasteiger partial charge in [-0.3, -0.25) is 9.78 Å². The summed E-state index contributed by atoms with van der Waals surface area (Å²) in [5.74, 6) is -0.607. The molecule has 7 heteroatoms. The summed E-state index contributed by atoms with van der Waals surface area (Å²) in [6.45, 7) is 0. The normalized spacial score (nSPS) is 21.3. The van der Waals surface area contributed by atoms with E-state index in [1.807, 2.05) is 0 Å². The molecule has 1 aliphatic heterocycles. The summed E-state index contributed by atoms with van der Waals surface area (Å²) in [6, 6.07) is 2.84. The van der Waals surface area contributed by atoms with E-state index in [0.717, 1.165) is 0 Å². The van der Waals surface area contributed by atoms with Crippen LogP contribution in [0.5, 0.6) is 0 Å². The molecule has 0 saturated carbocycles. The molecule has 2 rings (SSSR count). The first-order chi connectivity index (χ1) is 7.96. The molecule has 6 nitrogen and oxygen atoms in total. The predicted octanol–water partition coefficient (Wildman–Crippen LogP) is -0.0969. The minimum Gasteiger partial charge on any atom is -0.378 e. The lowest BCUT2D eigenvalue weighted by Gasteiger charge is -2.11. The molecule has 1 aliphatic rings. The topological polar surface area (TPSA) is 102 Å². The van der Waals surface area contributed by atoms with Gasteiger partial charge in [0.2, 0.25) is 0 Å². The van der Waals surface area contributed by atoms with Gasteiger partial charge in [-0.25, -0.2) is 8.42 Å². The van der Waals surface area contributed by atoms with E-state index in [1.54, 1.807) is 12.1 Å². The van der Waals surface area contributed by atoms with E-state index in [4.69, 9.17) is 5.73 Å². The van der Waals surface area contributed by atoms with Crippen LogP contribution in [0.3, 0.4) is 0 Å². The molecule has 0 aromatic carbocycles. The smallest absolute Gasteiger partial charge is 0.267 e. The van der Waals surface area contributed by atoms with Crippen LogP contribution in [0.2, 0.25) is 0 Å². The van der Waals surface area contributed by atoms with Gasteiger partial charge in [0.1, 0.15) is 5.69 Å². The molecule has 1 aromatic rings. The zero-order valence-electron chi connectivity index (χ0n) is 8.83. The van der Waals surface area contributed by atoms with E-state index < -0.39 is 15.7 Å². The molecule has 1 unspecified atom stereocenters. The van der Waals surface area contributed by atoms with Crippen LogP contribution in [0.25, 0.3) is 0 Å². The van der Waals surface area contributed by atoms with Crippen molar-refractivity contribution in [1.29, 1.82) is 0 Å². The van der Waals surface area contributed by atoms with Crippen LogP contribution in [0.1, 0.15) is 10.5 Å². The maximum absolute atomic E-state index is 11.2. The summed E-state index contributed by atoms with van der Waals surface area (Å²) in [6.07, 6.45) is 3.01. The second-order valence-electron chi connectivity index (χ2n) is 3.70. The Kier molecular flexibility index (Phi) is 2.84. The van der Waals surface area contributed by atoms with Gasteiger partial charge in [-0.15, -0.1) is 0 Å². The lowest BCUT2D eigenvalue weighted by molar-refractivity contribution is 0.0995. The largest absolute Gasteiger partial charge is 0.378 e. The van der Waals surface area contributed by atoms with Gasteiger partial charge in [-0.2, -0.15) is 0 Å². The summed E-state index contributed by atoms with van der Waals surface area (Å²) in [4.78, 5) is 14.7. The summed E-state index contributed by atoms with van der Waals surface area (Å²) in [5, 5.41) is 4.16. The maximum atomic E-state index is 11.2. The van der Waals surface area contributed by atoms with Crippen molar-refractivity contribution in [2.24, 2.45) is 5.73 Å². The lowest BCUT2D eigenvalue weighted by Crippen LogP contribution is -2.21. The van der Waals surface area contributed by atoms with E-state index in [-0.39, 0.29) is 17.5 Å². The molecule has 0 spiro atoms. The number of hydrogen-bond donors (Lipinski definition) is 2. The Labute approximate surface area is 98.5 Å². The van der Waals surface area contributed by atoms with Crippen molar-refractivity contribution in [3.8, 4) is 0 Å². The van der Waals surface area contributed by atoms with Gasteiger partial charge in [0, 0.05) is 17.3 Å². The molecule has 2 heterocycles. The number of nitrogens with zero attached hydrogens (tertiary/aromatic N) is 1. The van der Waals surface area contributed by atoms with Crippen molar-refractivity contribution in [3.63, 3.8) is 0 Å². The zero-order chi connectivity index (χ0) is 12.5. The quantitative estimate of drug-likeness (QED) is 0.783. The molecule has 0 aliphatic carbocycles. The van der Waals surface area contributed by atoms with Crippen molar-refractivity contribution < 1.29 is 13.2 Å². The fourth-order valence-electron chi connectivity index (χ4n) is 1.53. The van der Waals surface area contributed by atoms with Crippen molar-refractivity contribution in [2.45, 2.75) is 6.04 Å². The highest BCUT2D eigenvalue weighted by molar-refractivity contribution is 7.94. The molecular weight excluding hydrogens is 242 g/mol. The Morgan fingerprint density at radius 2 is 2.29 bits per heavy atom. The molecule has 17 heavy (non-hydrogen) atoms. The molecule has 0 fully saturated rings. The minimum absolute atomic E-state index is 0.0151. The standard InChI is InChI=1S/C10H11N3O3S/c11-10(14)9-5-7(1-3-12-9)13-8-2-4-17(15,16)6-8/h1-5,8H,6H2,(H2,11,14)(H,12,13). The first-order valence-corrected chi connectivity index (χ1v) is 6.61. The Hall–Kier alpha value is -1.89. The minimum atomic E-state index is -3.09. The number of aromatic nitrogens is 1. The molecular formula is C10H11N3O3S. The SMILES string of the molecule is NC(=O)c1cc(NC2C=CS(=O)(=O)C2)ccn1. The number of nitrogens with two attached hydrogens (primary N) is 1. The van der Waals surface area contributed by atoms with Crippen LogP contribution in [0.4, 0.5) is 5.69 Å². The molecule has 3 N–H and O–H groups in total. The van der Waals surface area contributed by atoms with Gasteiger partial charge >= 0.3 is 0 Å². The molecule has 0 radical (unpaired) electrons. The van der Waals surface area contributed by atoms with Crippen LogP contribution in [-0.4, -0.2) is 31.1 Å². The lowest BCUT2D eigenvalue weighted by atomic mass is 10.2. The number of anilines is 1. The van der Waals surface area contributed by atoms with Crippen molar-refractivity contribution in [3.05, 3.63) is 35.5 Å². The Morgan fingerprint density at radius 1 is 1.53 bits per heavy atom. The van der Waals surface area contributed by atoms with Crippen molar-refractivity contribution >= 4 is 21.4 Å². The highest BCUT2D eigenvalue weighted by Gasteiger charge is 2.21. The van der Waals surface area contributed by atoms with Crippen molar-refractivity contribution in [1.82, 2.24) is 4.98 Å². The Balaban J connectivity index is 2.13. The summed E-state index contributed by atoms with van der Waals surface area (Å²) in [5.41, 5.74) is 5.85. The number of pyridine rings is 1. The summed E-state index contributed by atoms with van der Waals surface area (Å²) in [7, 11) is -3.09. The van der Waals surface area contributed by atoms with Crippen molar-refractivity contribution in [2.75, 3.05) is 11.1 Å². The van der Waals surface area contributed by atoms with Crippen LogP contribution in [0, 0.1) is 0 Å². The van der Waals surface area contributed by atoms with Gasteiger partial charge in [0.25, 0.3) is 5.91 Å². The maximum Gasteiger partial charge on any atom is 0.267 e. The fraction of sp³-hybridized carbons (Fsp3) is 0.200. The number of sulfone groups is 1. The molecule has 0 bridgehead atoms. The number of hydrogen-bond acceptors (Lipinski definition) is 5. The van der Waals surface area contributed by atoms with Gasteiger partial charge in [0.15, 0.2) is 9.84 Å². The van der Waals surface area contributed by atoms with Crippen LogP contribution >= 0.6 is 0 Å². The zero-order valence-corrected chi connectivity index (χ0v) is 9.65. The average molecular weight is 253 g/mol. The van der Waals surface area contributed by atoms with Gasteiger partial charge < -0.3 is 11.1 Å². The number of nitrogens with one attached hydrogen (secondary N) is 1. The number of carbonyl (C=O) groups excluding carboxylic acids is 1. The Bertz CT molecular complexity index is 580. The molecule has 1 amide bonds. The second kappa shape index (κ2) is 4.17. The Morgan fingerprint density at radius 3 is 2.88 bits per heavy atom. The van der Waals surface area contributed by atoms with E-state index in [9.17, 15) is 13.2 Å². The molecule has 1 atom stereocenters. The number of amides is 1. The third-order valence-electron chi connectivity index (χ3n) is 2.29. The first-order valence-electron chi connectivity index (χ1n) is 4.90. The monoisotopic (exact) mass is 253 g/mol. The molecule has 0 saturated heterocycles. The van der Waals surface area contributed by atoms with E-state index in [1.165, 1.54) is 17.7 Å². The summed E-state index contributed by atoms with van der Waals surface area (Å²) >= 11 is 0. The second-order valence-corrected chi connectivity index (χ2v) is 5.63.